The fourth-order valence-corrected chi connectivity index (χ4v) is 0.600. The van der Waals surface area contributed by atoms with Gasteiger partial charge in [0.05, 0.1) is 12.2 Å². The van der Waals surface area contributed by atoms with Gasteiger partial charge < -0.3 is 15.3 Å². The minimum Gasteiger partial charge on any atom is -0.513 e. The molecule has 0 aromatic carbocycles. The van der Waals surface area contributed by atoms with E-state index in [0.29, 0.717) is 0 Å². The summed E-state index contributed by atoms with van der Waals surface area (Å²) in [6.45, 7) is 6.89. The summed E-state index contributed by atoms with van der Waals surface area (Å²) in [5.41, 5.74) is 0. The highest BCUT2D eigenvalue weighted by Gasteiger charge is 1.98. The number of aliphatic hydroxyl groups excluding tert-OH is 1. The molecular formula is C10H18O5. The van der Waals surface area contributed by atoms with Crippen molar-refractivity contribution in [1.29, 1.82) is 0 Å². The Hall–Kier alpha value is -1.52. The third kappa shape index (κ3) is 24.5. The monoisotopic (exact) mass is 218 g/mol. The second-order valence-electron chi connectivity index (χ2n) is 3.45. The van der Waals surface area contributed by atoms with Crippen molar-refractivity contribution >= 4 is 11.9 Å². The van der Waals surface area contributed by atoms with Crippen LogP contribution in [-0.2, 0) is 9.59 Å². The summed E-state index contributed by atoms with van der Waals surface area (Å²) in [7, 11) is 0. The maximum Gasteiger partial charge on any atom is 0.303 e. The molecule has 0 atom stereocenters. The smallest absolute Gasteiger partial charge is 0.303 e. The lowest BCUT2D eigenvalue weighted by Gasteiger charge is -1.94. The van der Waals surface area contributed by atoms with E-state index in [1.54, 1.807) is 0 Å². The number of hydrogen-bond acceptors (Lipinski definition) is 3. The van der Waals surface area contributed by atoms with E-state index >= 15 is 0 Å². The lowest BCUT2D eigenvalue weighted by molar-refractivity contribution is -0.138. The normalized spacial score (nSPS) is 9.00. The molecule has 0 radical (unpaired) electrons. The molecule has 5 heteroatoms. The summed E-state index contributed by atoms with van der Waals surface area (Å²) in [4.78, 5) is 19.6. The van der Waals surface area contributed by atoms with Crippen LogP contribution in [-0.4, -0.2) is 27.3 Å². The number of carboxylic acid groups (broad SMARTS) is 2. The number of allylic oxidation sites excluding steroid dienone is 1. The molecule has 0 spiro atoms. The van der Waals surface area contributed by atoms with Crippen LogP contribution in [0.5, 0.6) is 0 Å². The molecule has 0 fully saturated rings. The highest BCUT2D eigenvalue weighted by molar-refractivity contribution is 5.67. The van der Waals surface area contributed by atoms with Gasteiger partial charge in [-0.05, 0) is 5.92 Å². The first-order chi connectivity index (χ1) is 6.75. The number of carboxylic acids is 2. The van der Waals surface area contributed by atoms with Gasteiger partial charge in [0, 0.05) is 12.8 Å². The minimum absolute atomic E-state index is 0.0463. The molecular weight excluding hydrogens is 200 g/mol. The van der Waals surface area contributed by atoms with Crippen molar-refractivity contribution in [2.75, 3.05) is 0 Å². The second kappa shape index (κ2) is 9.05. The van der Waals surface area contributed by atoms with Gasteiger partial charge in [-0.1, -0.05) is 20.4 Å². The molecule has 0 heterocycles. The second-order valence-corrected chi connectivity index (χ2v) is 3.45. The Morgan fingerprint density at radius 2 is 1.53 bits per heavy atom. The zero-order valence-electron chi connectivity index (χ0n) is 9.06. The van der Waals surface area contributed by atoms with E-state index in [9.17, 15) is 9.59 Å². The molecule has 0 aromatic rings. The predicted molar refractivity (Wildman–Crippen MR) is 55.7 cm³/mol. The number of rotatable bonds is 5. The van der Waals surface area contributed by atoms with Gasteiger partial charge in [0.2, 0.25) is 0 Å². The fourth-order valence-electron chi connectivity index (χ4n) is 0.600. The number of carbonyl (C=O) groups is 2. The average molecular weight is 218 g/mol. The van der Waals surface area contributed by atoms with Crippen LogP contribution in [0.4, 0.5) is 0 Å². The zero-order valence-corrected chi connectivity index (χ0v) is 9.06. The molecule has 0 aliphatic heterocycles. The summed E-state index contributed by atoms with van der Waals surface area (Å²) in [5, 5.41) is 24.4. The van der Waals surface area contributed by atoms with E-state index in [-0.39, 0.29) is 30.9 Å². The van der Waals surface area contributed by atoms with Crippen molar-refractivity contribution in [3.05, 3.63) is 12.3 Å². The van der Waals surface area contributed by atoms with Crippen LogP contribution in [0, 0.1) is 5.92 Å². The van der Waals surface area contributed by atoms with E-state index in [0.717, 1.165) is 0 Å². The van der Waals surface area contributed by atoms with E-state index in [1.165, 1.54) is 0 Å². The van der Waals surface area contributed by atoms with Crippen LogP contribution in [0.2, 0.25) is 0 Å². The van der Waals surface area contributed by atoms with E-state index in [2.05, 4.69) is 6.58 Å². The maximum atomic E-state index is 9.81. The van der Waals surface area contributed by atoms with Crippen LogP contribution in [0.25, 0.3) is 0 Å². The molecule has 0 bridgehead atoms. The van der Waals surface area contributed by atoms with Crippen LogP contribution in [0.15, 0.2) is 12.3 Å². The van der Waals surface area contributed by atoms with Gasteiger partial charge in [0.25, 0.3) is 0 Å². The van der Waals surface area contributed by atoms with Gasteiger partial charge in [-0.15, -0.1) is 0 Å². The first-order valence-electron chi connectivity index (χ1n) is 4.56. The van der Waals surface area contributed by atoms with Crippen molar-refractivity contribution in [2.45, 2.75) is 33.1 Å². The van der Waals surface area contributed by atoms with Gasteiger partial charge >= 0.3 is 11.9 Å². The molecule has 88 valence electrons. The number of hydrogen-bond donors (Lipinski definition) is 3. The lowest BCUT2D eigenvalue weighted by Crippen LogP contribution is -1.99. The molecule has 0 saturated carbocycles. The Bertz CT molecular complexity index is 206. The van der Waals surface area contributed by atoms with Crippen molar-refractivity contribution in [3.63, 3.8) is 0 Å². The molecule has 0 saturated heterocycles. The third-order valence-corrected chi connectivity index (χ3v) is 1.21. The standard InChI is InChI=1S/C5H8O3.C5H10O2/c1-4(6)2-3-5(7)8;1-4(2)3-5(6)7/h6H,1-3H2,(H,7,8);4H,3H2,1-2H3,(H,6,7). The molecule has 0 aliphatic carbocycles. The van der Waals surface area contributed by atoms with Crippen LogP contribution < -0.4 is 0 Å². The Balaban J connectivity index is 0. The fraction of sp³-hybridized carbons (Fsp3) is 0.600. The van der Waals surface area contributed by atoms with E-state index < -0.39 is 11.9 Å². The highest BCUT2D eigenvalue weighted by atomic mass is 16.4. The van der Waals surface area contributed by atoms with Crippen molar-refractivity contribution in [3.8, 4) is 0 Å². The molecule has 0 unspecified atom stereocenters. The molecule has 0 aliphatic rings. The summed E-state index contributed by atoms with van der Waals surface area (Å²) in [5.74, 6) is -1.43. The van der Waals surface area contributed by atoms with Crippen LogP contribution in [0.1, 0.15) is 33.1 Å². The highest BCUT2D eigenvalue weighted by Crippen LogP contribution is 1.96. The molecule has 3 N–H and O–H groups in total. The average Bonchev–Trinajstić information content (AvgIpc) is 1.99. The zero-order chi connectivity index (χ0) is 12.4. The Kier molecular flexibility index (Phi) is 9.61. The van der Waals surface area contributed by atoms with E-state index in [4.69, 9.17) is 15.3 Å². The quantitative estimate of drug-likeness (QED) is 0.614. The topological polar surface area (TPSA) is 94.8 Å². The number of aliphatic carboxylic acids is 2. The molecule has 0 rings (SSSR count). The Labute approximate surface area is 89.0 Å². The maximum absolute atomic E-state index is 9.81. The summed E-state index contributed by atoms with van der Waals surface area (Å²) in [6, 6.07) is 0. The van der Waals surface area contributed by atoms with Gasteiger partial charge in [-0.25, -0.2) is 0 Å². The van der Waals surface area contributed by atoms with Crippen molar-refractivity contribution in [1.82, 2.24) is 0 Å². The van der Waals surface area contributed by atoms with Gasteiger partial charge in [-0.3, -0.25) is 9.59 Å². The summed E-state index contributed by atoms with van der Waals surface area (Å²) >= 11 is 0. The largest absolute Gasteiger partial charge is 0.513 e. The van der Waals surface area contributed by atoms with Gasteiger partial charge in [0.1, 0.15) is 0 Å². The van der Waals surface area contributed by atoms with Crippen LogP contribution in [0.3, 0.4) is 0 Å². The molecule has 0 amide bonds. The van der Waals surface area contributed by atoms with Gasteiger partial charge in [-0.2, -0.15) is 0 Å². The summed E-state index contributed by atoms with van der Waals surface area (Å²) in [6.07, 6.45) is 0.380. The minimum atomic E-state index is -0.916. The van der Waals surface area contributed by atoms with Crippen LogP contribution >= 0.6 is 0 Å². The molecule has 0 aromatic heterocycles. The van der Waals surface area contributed by atoms with Crippen molar-refractivity contribution in [2.24, 2.45) is 5.92 Å². The number of aliphatic hydroxyl groups is 1. The Morgan fingerprint density at radius 3 is 1.60 bits per heavy atom. The first-order valence-corrected chi connectivity index (χ1v) is 4.56. The third-order valence-electron chi connectivity index (χ3n) is 1.21. The summed E-state index contributed by atoms with van der Waals surface area (Å²) < 4.78 is 0. The molecule has 5 nitrogen and oxygen atoms in total. The van der Waals surface area contributed by atoms with Crippen molar-refractivity contribution < 1.29 is 24.9 Å². The molecule has 15 heavy (non-hydrogen) atoms. The van der Waals surface area contributed by atoms with E-state index in [1.807, 2.05) is 13.8 Å². The predicted octanol–water partition coefficient (Wildman–Crippen LogP) is 2.04. The SMILES string of the molecule is C=C(O)CCC(=O)O.CC(C)CC(=O)O. The van der Waals surface area contributed by atoms with Gasteiger partial charge in [0.15, 0.2) is 0 Å². The first kappa shape index (κ1) is 15.9. The Morgan fingerprint density at radius 1 is 1.07 bits per heavy atom. The lowest BCUT2D eigenvalue weighted by atomic mass is 10.1.